The molecule has 5 N–H and O–H groups in total. The maximum atomic E-state index is 12.2. The first-order chi connectivity index (χ1) is 19.0. The molecule has 246 valence electrons. The van der Waals surface area contributed by atoms with Gasteiger partial charge in [0.25, 0.3) is 0 Å². The second kappa shape index (κ2) is 14.0. The van der Waals surface area contributed by atoms with Gasteiger partial charge in [-0.05, 0) is 89.8 Å². The van der Waals surface area contributed by atoms with Gasteiger partial charge in [-0.25, -0.2) is 8.42 Å². The van der Waals surface area contributed by atoms with Gasteiger partial charge in [-0.15, -0.1) is 0 Å². The molecule has 2 unspecified atom stereocenters. The van der Waals surface area contributed by atoms with E-state index in [1.165, 1.54) is 53.9 Å². The van der Waals surface area contributed by atoms with Crippen LogP contribution in [-0.2, 0) is 26.2 Å². The first-order valence-electron chi connectivity index (χ1n) is 13.9. The molecule has 0 spiro atoms. The van der Waals surface area contributed by atoms with Gasteiger partial charge in [-0.3, -0.25) is 0 Å². The number of aliphatic hydroxyl groups excluding tert-OH is 1. The van der Waals surface area contributed by atoms with Crippen LogP contribution in [0.2, 0.25) is 0 Å². The smallest absolute Gasteiger partial charge is 0.747 e. The van der Waals surface area contributed by atoms with Crippen LogP contribution < -0.4 is 34.3 Å². The molecule has 2 rings (SSSR count). The number of phenols is 2. The van der Waals surface area contributed by atoms with Gasteiger partial charge in [0.2, 0.25) is 0 Å². The Bertz CT molecular complexity index is 1420. The molecule has 44 heavy (non-hydrogen) atoms. The summed E-state index contributed by atoms with van der Waals surface area (Å²) in [6.45, 7) is 19.8. The van der Waals surface area contributed by atoms with E-state index in [0.717, 1.165) is 5.56 Å². The summed E-state index contributed by atoms with van der Waals surface area (Å²) in [5, 5.41) is 50.1. The number of aliphatic hydroxyl groups is 3. The molecule has 2 aromatic rings. The number of hydrogen-bond donors (Lipinski definition) is 6. The van der Waals surface area contributed by atoms with Crippen molar-refractivity contribution in [3.05, 3.63) is 52.1 Å². The molecule has 0 aliphatic rings. The van der Waals surface area contributed by atoms with Crippen molar-refractivity contribution in [3.63, 3.8) is 0 Å². The molecule has 12 heteroatoms. The molecule has 0 heterocycles. The molecular weight excluding hydrogens is 615 g/mol. The fourth-order valence-corrected chi connectivity index (χ4v) is 6.47. The Hall–Kier alpha value is -1.02. The van der Waals surface area contributed by atoms with Crippen molar-refractivity contribution in [3.8, 4) is 17.2 Å². The summed E-state index contributed by atoms with van der Waals surface area (Å²) in [6.07, 6.45) is 0. The molecule has 0 aliphatic heterocycles. The first-order valence-corrected chi connectivity index (χ1v) is 15.8. The Morgan fingerprint density at radius 3 is 1.55 bits per heavy atom. The number of thiol groups is 1. The van der Waals surface area contributed by atoms with Gasteiger partial charge in [0.15, 0.2) is 11.5 Å². The molecule has 0 fully saturated rings. The van der Waals surface area contributed by atoms with Gasteiger partial charge in [0, 0.05) is 21.1 Å². The summed E-state index contributed by atoms with van der Waals surface area (Å²) in [7, 11) is -3.52. The summed E-state index contributed by atoms with van der Waals surface area (Å²) in [5.41, 5.74) is -1.67. The van der Waals surface area contributed by atoms with Crippen molar-refractivity contribution in [1.29, 1.82) is 0 Å². The van der Waals surface area contributed by atoms with Crippen LogP contribution in [0, 0.1) is 24.7 Å². The van der Waals surface area contributed by atoms with E-state index in [1.54, 1.807) is 33.8 Å². The second-order valence-corrected chi connectivity index (χ2v) is 16.3. The average molecular weight is 667 g/mol. The van der Waals surface area contributed by atoms with Crippen molar-refractivity contribution in [2.24, 2.45) is 10.8 Å². The third-order valence-corrected chi connectivity index (χ3v) is 12.7. The van der Waals surface area contributed by atoms with E-state index < -0.39 is 41.6 Å². The van der Waals surface area contributed by atoms with Crippen LogP contribution in [0.3, 0.4) is 0 Å². The molecule has 9 nitrogen and oxygen atoms in total. The number of methoxy groups -OCH3 is 1. The maximum Gasteiger partial charge on any atom is 1.00 e. The third-order valence-electron chi connectivity index (χ3n) is 10.1. The minimum absolute atomic E-state index is 0. The zero-order valence-corrected chi connectivity index (χ0v) is 32.5. The Morgan fingerprint density at radius 2 is 1.18 bits per heavy atom. The molecule has 0 saturated heterocycles. The number of phenolic OH excluding ortho intramolecular Hbond substituents is 1. The second-order valence-electron chi connectivity index (χ2n) is 13.7. The largest absolute Gasteiger partial charge is 1.00 e. The summed E-state index contributed by atoms with van der Waals surface area (Å²) in [6, 6.07) is 6.36. The number of rotatable bonds is 9. The number of benzene rings is 2. The SMILES string of the molecule is COc1cc(C(C)(C(C)(C)C(C)(C)O)S(=O)(=O)[O-])cc(C)c1O.Cc1cc(C(C)(S)C(C)(C)C(C)(C)O)cc(CO)c1O.[Na+]. The quantitative estimate of drug-likeness (QED) is 0.134. The zero-order valence-electron chi connectivity index (χ0n) is 28.7. The summed E-state index contributed by atoms with van der Waals surface area (Å²) in [5.74, 6) is 0.0610. The molecule has 0 amide bonds. The molecule has 0 aromatic heterocycles. The van der Waals surface area contributed by atoms with Crippen molar-refractivity contribution >= 4 is 22.7 Å². The Labute approximate surface area is 291 Å². The topological polar surface area (TPSA) is 168 Å². The number of aromatic hydroxyl groups is 2. The van der Waals surface area contributed by atoms with E-state index in [9.17, 15) is 38.5 Å². The molecule has 0 aliphatic carbocycles. The van der Waals surface area contributed by atoms with Gasteiger partial charge >= 0.3 is 29.6 Å². The molecular formula is C32H51NaO9S2. The molecule has 2 aromatic carbocycles. The van der Waals surface area contributed by atoms with Crippen LogP contribution >= 0.6 is 12.6 Å². The van der Waals surface area contributed by atoms with Crippen molar-refractivity contribution in [2.45, 2.75) is 110 Å². The van der Waals surface area contributed by atoms with E-state index >= 15 is 0 Å². The fraction of sp³-hybridized carbons (Fsp3) is 0.625. The standard InChI is InChI=1S/C16H26O6S.C16H26O3S.Na/c1-10-8-11(9-12(22-7)13(10)17)16(6,23(19,20)21)14(2,3)15(4,5)18;1-10-7-12(8-11(9-17)13(10)18)16(6,20)14(2,3)15(4,5)19;/h8-9,17-18H,1-7H3,(H,19,20,21);7-8,17-20H,9H2,1-6H3;/q;;+1/p-1. The summed E-state index contributed by atoms with van der Waals surface area (Å²) in [4.78, 5) is 0. The Kier molecular flexibility index (Phi) is 13.7. The van der Waals surface area contributed by atoms with E-state index in [1.807, 2.05) is 26.8 Å². The van der Waals surface area contributed by atoms with Crippen LogP contribution in [0.25, 0.3) is 0 Å². The van der Waals surface area contributed by atoms with Crippen molar-refractivity contribution < 1.29 is 72.8 Å². The van der Waals surface area contributed by atoms with Gasteiger partial charge < -0.3 is 34.8 Å². The van der Waals surface area contributed by atoms with E-state index in [-0.39, 0.29) is 59.0 Å². The van der Waals surface area contributed by atoms with E-state index in [2.05, 4.69) is 0 Å². The fourth-order valence-electron chi connectivity index (χ4n) is 4.79. The maximum absolute atomic E-state index is 12.2. The molecule has 0 radical (unpaired) electrons. The number of aryl methyl sites for hydroxylation is 2. The van der Waals surface area contributed by atoms with Crippen LogP contribution in [0.5, 0.6) is 17.2 Å². The average Bonchev–Trinajstić information content (AvgIpc) is 2.84. The van der Waals surface area contributed by atoms with Gasteiger partial charge in [-0.1, -0.05) is 39.8 Å². The predicted molar refractivity (Wildman–Crippen MR) is 172 cm³/mol. The zero-order chi connectivity index (χ0) is 34.4. The van der Waals surface area contributed by atoms with Crippen LogP contribution in [-0.4, -0.2) is 56.8 Å². The molecule has 2 atom stereocenters. The van der Waals surface area contributed by atoms with Crippen LogP contribution in [0.1, 0.15) is 97.1 Å². The number of ether oxygens (including phenoxy) is 1. The minimum Gasteiger partial charge on any atom is -0.747 e. The first kappa shape index (κ1) is 43.0. The predicted octanol–water partition coefficient (Wildman–Crippen LogP) is 2.41. The molecule has 0 bridgehead atoms. The van der Waals surface area contributed by atoms with Gasteiger partial charge in [0.05, 0.1) is 29.7 Å². The summed E-state index contributed by atoms with van der Waals surface area (Å²) < 4.78 is 39.0. The van der Waals surface area contributed by atoms with Crippen LogP contribution in [0.4, 0.5) is 0 Å². The van der Waals surface area contributed by atoms with E-state index in [4.69, 9.17) is 17.4 Å². The minimum atomic E-state index is -4.86. The third kappa shape index (κ3) is 7.74. The van der Waals surface area contributed by atoms with E-state index in [0.29, 0.717) is 16.7 Å². The van der Waals surface area contributed by atoms with Crippen molar-refractivity contribution in [2.75, 3.05) is 7.11 Å². The number of hydrogen-bond acceptors (Lipinski definition) is 10. The Morgan fingerprint density at radius 1 is 0.773 bits per heavy atom. The normalized spacial score (nSPS) is 15.7. The Balaban J connectivity index is 0.000000829. The summed E-state index contributed by atoms with van der Waals surface area (Å²) >= 11 is 4.79. The van der Waals surface area contributed by atoms with Gasteiger partial charge in [0.1, 0.15) is 15.9 Å². The monoisotopic (exact) mass is 666 g/mol. The van der Waals surface area contributed by atoms with Crippen molar-refractivity contribution in [1.82, 2.24) is 0 Å². The van der Waals surface area contributed by atoms with Gasteiger partial charge in [-0.2, -0.15) is 12.6 Å². The van der Waals surface area contributed by atoms with Crippen LogP contribution in [0.15, 0.2) is 24.3 Å². The molecule has 0 saturated carbocycles.